The summed E-state index contributed by atoms with van der Waals surface area (Å²) >= 11 is 4.26. The van der Waals surface area contributed by atoms with Gasteiger partial charge in [0.15, 0.2) is 0 Å². The molecule has 3 aliphatic rings. The van der Waals surface area contributed by atoms with Gasteiger partial charge in [-0.15, -0.1) is 4.40 Å². The summed E-state index contributed by atoms with van der Waals surface area (Å²) in [5.41, 5.74) is 3.91. The van der Waals surface area contributed by atoms with Crippen LogP contribution in [0.15, 0.2) is 38.1 Å². The molecule has 1 fully saturated rings. The number of benzene rings is 1. The summed E-state index contributed by atoms with van der Waals surface area (Å²) in [6.07, 6.45) is 1.29. The van der Waals surface area contributed by atoms with Gasteiger partial charge in [-0.3, -0.25) is 4.79 Å². The van der Waals surface area contributed by atoms with Crippen molar-refractivity contribution >= 4 is 55.5 Å². The van der Waals surface area contributed by atoms with Crippen molar-refractivity contribution in [1.82, 2.24) is 30.0 Å². The number of amides is 1. The van der Waals surface area contributed by atoms with Crippen LogP contribution in [-0.4, -0.2) is 75.3 Å². The van der Waals surface area contributed by atoms with Gasteiger partial charge in [0.05, 0.1) is 12.2 Å². The van der Waals surface area contributed by atoms with E-state index in [1.807, 2.05) is 6.92 Å². The minimum atomic E-state index is -3.91. The van der Waals surface area contributed by atoms with Crippen LogP contribution in [0.4, 0.5) is 0 Å². The van der Waals surface area contributed by atoms with E-state index in [0.29, 0.717) is 53.3 Å². The second-order valence-electron chi connectivity index (χ2n) is 9.73. The molecule has 3 aliphatic heterocycles. The summed E-state index contributed by atoms with van der Waals surface area (Å²) in [5, 5.41) is 4.52. The molecule has 1 amide bonds. The summed E-state index contributed by atoms with van der Waals surface area (Å²) in [5.74, 6) is 0.586. The molecule has 0 saturated carbocycles. The summed E-state index contributed by atoms with van der Waals surface area (Å²) in [4.78, 5) is 22.6. The average Bonchev–Trinajstić information content (AvgIpc) is 3.64. The molecule has 3 aromatic rings. The summed E-state index contributed by atoms with van der Waals surface area (Å²) < 4.78 is 54.5. The monoisotopic (exact) mass is 595 g/mol. The maximum absolute atomic E-state index is 13.6. The van der Waals surface area contributed by atoms with Crippen LogP contribution in [0.1, 0.15) is 41.9 Å². The third-order valence-corrected chi connectivity index (χ3v) is 9.70. The SMILES string of the molecule is CC1Cc2nc(C(=O)N3CCN(S(=O)(=O)c4cc5cc(Cl)ccc5[nH]4)CC3CCC3=NS(=O)ON3)oc2CN1. The zero-order valence-electron chi connectivity index (χ0n) is 20.8. The van der Waals surface area contributed by atoms with Gasteiger partial charge in [0.1, 0.15) is 16.6 Å². The molecular formula is C23H26ClN7O6S2. The largest absolute Gasteiger partial charge is 0.436 e. The quantitative estimate of drug-likeness (QED) is 0.384. The number of amidine groups is 1. The van der Waals surface area contributed by atoms with E-state index in [0.717, 1.165) is 5.69 Å². The van der Waals surface area contributed by atoms with Crippen molar-refractivity contribution in [2.45, 2.75) is 49.8 Å². The number of aromatic amines is 1. The Hall–Kier alpha value is -2.82. The number of hydroxylamine groups is 1. The summed E-state index contributed by atoms with van der Waals surface area (Å²) in [7, 11) is -3.91. The van der Waals surface area contributed by atoms with Crippen molar-refractivity contribution in [3.05, 3.63) is 46.6 Å². The van der Waals surface area contributed by atoms with Crippen molar-refractivity contribution < 1.29 is 26.1 Å². The highest BCUT2D eigenvalue weighted by Crippen LogP contribution is 2.28. The number of hydrogen-bond donors (Lipinski definition) is 3. The molecule has 13 nitrogen and oxygen atoms in total. The van der Waals surface area contributed by atoms with E-state index in [-0.39, 0.29) is 36.6 Å². The Morgan fingerprint density at radius 3 is 2.92 bits per heavy atom. The molecule has 6 rings (SSSR count). The Kier molecular flexibility index (Phi) is 6.97. The lowest BCUT2D eigenvalue weighted by molar-refractivity contribution is 0.0512. The fourth-order valence-corrected chi connectivity index (χ4v) is 7.23. The number of oxazole rings is 1. The molecule has 0 spiro atoms. The average molecular weight is 596 g/mol. The van der Waals surface area contributed by atoms with Gasteiger partial charge in [-0.05, 0) is 37.6 Å². The Labute approximate surface area is 231 Å². The van der Waals surface area contributed by atoms with Gasteiger partial charge in [-0.2, -0.15) is 8.59 Å². The van der Waals surface area contributed by atoms with Gasteiger partial charge in [0.25, 0.3) is 15.9 Å². The molecule has 1 aromatic carbocycles. The molecule has 39 heavy (non-hydrogen) atoms. The van der Waals surface area contributed by atoms with Gasteiger partial charge < -0.3 is 19.6 Å². The number of hydrogen-bond acceptors (Lipinski definition) is 9. The molecule has 208 valence electrons. The molecular weight excluding hydrogens is 570 g/mol. The highest BCUT2D eigenvalue weighted by Gasteiger charge is 2.39. The van der Waals surface area contributed by atoms with E-state index in [2.05, 4.69) is 25.2 Å². The fourth-order valence-electron chi connectivity index (χ4n) is 5.05. The lowest BCUT2D eigenvalue weighted by Crippen LogP contribution is -2.56. The number of fused-ring (bicyclic) bond motifs is 2. The first kappa shape index (κ1) is 26.4. The molecule has 5 heterocycles. The lowest BCUT2D eigenvalue weighted by atomic mass is 10.1. The summed E-state index contributed by atoms with van der Waals surface area (Å²) in [6.45, 7) is 2.79. The minimum absolute atomic E-state index is 0.00882. The standard InChI is InChI=1S/C23H26ClN7O6S2/c1-13-8-18-19(11-25-13)36-22(27-18)23(32)31-7-6-30(12-16(31)3-5-20-28-37-38(33)29-20)39(34,35)21-10-14-9-15(24)2-4-17(14)26-21/h2,4,9-10,13,16,25-26H,3,5-8,11-12H2,1H3,(H,28,29). The number of piperazine rings is 1. The predicted octanol–water partition coefficient (Wildman–Crippen LogP) is 1.65. The van der Waals surface area contributed by atoms with Crippen molar-refractivity contribution in [2.75, 3.05) is 19.6 Å². The van der Waals surface area contributed by atoms with Gasteiger partial charge >= 0.3 is 17.2 Å². The summed E-state index contributed by atoms with van der Waals surface area (Å²) in [6, 6.07) is 6.35. The molecule has 0 aliphatic carbocycles. The first-order chi connectivity index (χ1) is 18.7. The number of nitrogens with one attached hydrogen (secondary N) is 3. The zero-order valence-corrected chi connectivity index (χ0v) is 23.2. The number of rotatable bonds is 6. The maximum atomic E-state index is 13.6. The van der Waals surface area contributed by atoms with Crippen LogP contribution in [-0.2, 0) is 38.5 Å². The lowest BCUT2D eigenvalue weighted by Gasteiger charge is -2.40. The van der Waals surface area contributed by atoms with Crippen LogP contribution < -0.4 is 10.8 Å². The van der Waals surface area contributed by atoms with Gasteiger partial charge in [0, 0.05) is 60.5 Å². The number of sulfonamides is 1. The maximum Gasteiger partial charge on any atom is 0.310 e. The molecule has 0 bridgehead atoms. The second kappa shape index (κ2) is 10.3. The molecule has 1 saturated heterocycles. The Bertz CT molecular complexity index is 1600. The molecule has 0 radical (unpaired) electrons. The highest BCUT2D eigenvalue weighted by molar-refractivity contribution is 7.89. The predicted molar refractivity (Wildman–Crippen MR) is 142 cm³/mol. The number of carbonyl (C=O) groups is 1. The number of aromatic nitrogens is 2. The zero-order chi connectivity index (χ0) is 27.3. The van der Waals surface area contributed by atoms with Crippen LogP contribution >= 0.6 is 11.6 Å². The van der Waals surface area contributed by atoms with Crippen LogP contribution in [0.5, 0.6) is 0 Å². The van der Waals surface area contributed by atoms with Crippen molar-refractivity contribution in [2.24, 2.45) is 4.40 Å². The first-order valence-corrected chi connectivity index (χ1v) is 15.3. The van der Waals surface area contributed by atoms with E-state index in [9.17, 15) is 17.4 Å². The molecule has 3 atom stereocenters. The van der Waals surface area contributed by atoms with Crippen molar-refractivity contribution in [3.8, 4) is 0 Å². The van der Waals surface area contributed by atoms with Crippen LogP contribution in [0.3, 0.4) is 0 Å². The fraction of sp³-hybridized carbons (Fsp3) is 0.435. The van der Waals surface area contributed by atoms with Crippen LogP contribution in [0.2, 0.25) is 5.02 Å². The van der Waals surface area contributed by atoms with Crippen molar-refractivity contribution in [1.29, 1.82) is 0 Å². The Balaban J connectivity index is 1.25. The van der Waals surface area contributed by atoms with Crippen LogP contribution in [0.25, 0.3) is 10.9 Å². The normalized spacial score (nSPS) is 24.0. The van der Waals surface area contributed by atoms with E-state index in [1.165, 1.54) is 4.31 Å². The minimum Gasteiger partial charge on any atom is -0.436 e. The van der Waals surface area contributed by atoms with Gasteiger partial charge in [-0.25, -0.2) is 23.1 Å². The third kappa shape index (κ3) is 5.21. The third-order valence-electron chi connectivity index (χ3n) is 7.08. The highest BCUT2D eigenvalue weighted by atomic mass is 35.5. The number of carbonyl (C=O) groups excluding carboxylic acids is 1. The molecule has 3 N–H and O–H groups in total. The Morgan fingerprint density at radius 2 is 2.13 bits per heavy atom. The second-order valence-corrected chi connectivity index (χ2v) is 12.9. The first-order valence-electron chi connectivity index (χ1n) is 12.4. The van der Waals surface area contributed by atoms with E-state index in [1.54, 1.807) is 29.2 Å². The topological polar surface area (TPSA) is 162 Å². The smallest absolute Gasteiger partial charge is 0.310 e. The van der Waals surface area contributed by atoms with Gasteiger partial charge in [-0.1, -0.05) is 11.6 Å². The Morgan fingerprint density at radius 1 is 1.28 bits per heavy atom. The number of halogens is 1. The molecule has 3 unspecified atom stereocenters. The van der Waals surface area contributed by atoms with E-state index < -0.39 is 33.2 Å². The van der Waals surface area contributed by atoms with E-state index >= 15 is 0 Å². The molecule has 16 heteroatoms. The van der Waals surface area contributed by atoms with Crippen LogP contribution in [0, 0.1) is 0 Å². The number of H-pyrrole nitrogens is 1. The van der Waals surface area contributed by atoms with E-state index in [4.69, 9.17) is 20.3 Å². The number of nitrogens with zero attached hydrogens (tertiary/aromatic N) is 4. The van der Waals surface area contributed by atoms with Crippen molar-refractivity contribution in [3.63, 3.8) is 0 Å². The molecule has 2 aromatic heterocycles. The van der Waals surface area contributed by atoms with Gasteiger partial charge in [0.2, 0.25) is 0 Å².